The van der Waals surface area contributed by atoms with E-state index in [1.807, 2.05) is 0 Å². The lowest BCUT2D eigenvalue weighted by Crippen LogP contribution is -2.40. The summed E-state index contributed by atoms with van der Waals surface area (Å²) in [7, 11) is 0. The van der Waals surface area contributed by atoms with Crippen LogP contribution in [-0.2, 0) is 0 Å². The molecule has 178 valence electrons. The summed E-state index contributed by atoms with van der Waals surface area (Å²) in [6, 6.07) is 44.8. The minimum Gasteiger partial charge on any atom is -0.0760 e. The Morgan fingerprint density at radius 3 is 1.76 bits per heavy atom. The van der Waals surface area contributed by atoms with Crippen LogP contribution in [0, 0.1) is 11.8 Å². The van der Waals surface area contributed by atoms with Gasteiger partial charge in [-0.05, 0) is 77.2 Å². The van der Waals surface area contributed by atoms with E-state index in [9.17, 15) is 0 Å². The van der Waals surface area contributed by atoms with Gasteiger partial charge in [-0.25, -0.2) is 0 Å². The number of benzene rings is 6. The summed E-state index contributed by atoms with van der Waals surface area (Å²) in [6.45, 7) is 0. The van der Waals surface area contributed by atoms with Crippen molar-refractivity contribution in [2.75, 3.05) is 0 Å². The molecule has 0 nitrogen and oxygen atoms in total. The third-order valence-corrected chi connectivity index (χ3v) is 8.43. The molecule has 0 spiro atoms. The average Bonchev–Trinajstić information content (AvgIpc) is 2.99. The Morgan fingerprint density at radius 2 is 0.974 bits per heavy atom. The van der Waals surface area contributed by atoms with Crippen LogP contribution in [0.15, 0.2) is 146 Å². The standard InChI is InChI=1S/C38H26/c1-2-12-26-23-28(22-21-25(26)11-1)37-32-17-7-9-19-34(32)38(35-20-10-8-18-33(35)37)36-24-27-13-3-4-14-29(27)30-15-5-6-16-31(30)36/h1-24,32,34H. The van der Waals surface area contributed by atoms with Crippen LogP contribution in [0.5, 0.6) is 0 Å². The summed E-state index contributed by atoms with van der Waals surface area (Å²) < 4.78 is 0. The first-order valence-corrected chi connectivity index (χ1v) is 13.5. The minimum absolute atomic E-state index is 0.265. The fourth-order valence-corrected chi connectivity index (χ4v) is 6.78. The largest absolute Gasteiger partial charge is 0.0760 e. The smallest absolute Gasteiger partial charge is 0.0137 e. The average molecular weight is 483 g/mol. The highest BCUT2D eigenvalue weighted by Crippen LogP contribution is 2.43. The first-order valence-electron chi connectivity index (χ1n) is 13.5. The third-order valence-electron chi connectivity index (χ3n) is 8.43. The van der Waals surface area contributed by atoms with Crippen LogP contribution >= 0.6 is 0 Å². The second kappa shape index (κ2) is 8.43. The monoisotopic (exact) mass is 482 g/mol. The summed E-state index contributed by atoms with van der Waals surface area (Å²) >= 11 is 0. The summed E-state index contributed by atoms with van der Waals surface area (Å²) in [5.41, 5.74) is 5.51. The highest BCUT2D eigenvalue weighted by atomic mass is 14.3. The lowest BCUT2D eigenvalue weighted by atomic mass is 9.69. The molecule has 2 unspecified atom stereocenters. The lowest BCUT2D eigenvalue weighted by molar-refractivity contribution is 0.687. The van der Waals surface area contributed by atoms with Gasteiger partial charge in [0.15, 0.2) is 0 Å². The Kier molecular flexibility index (Phi) is 4.75. The molecule has 0 N–H and O–H groups in total. The molecule has 0 amide bonds. The van der Waals surface area contributed by atoms with Crippen LogP contribution in [0.2, 0.25) is 0 Å². The zero-order valence-electron chi connectivity index (χ0n) is 21.0. The molecule has 6 aromatic carbocycles. The summed E-state index contributed by atoms with van der Waals surface area (Å²) in [6.07, 6.45) is 9.29. The molecule has 0 saturated heterocycles. The molecule has 6 aromatic rings. The molecular formula is C38H26. The van der Waals surface area contributed by atoms with Crippen LogP contribution in [0.4, 0.5) is 0 Å². The summed E-state index contributed by atoms with van der Waals surface area (Å²) in [4.78, 5) is 0. The van der Waals surface area contributed by atoms with Crippen molar-refractivity contribution < 1.29 is 0 Å². The number of allylic oxidation sites excluding steroid dienone is 4. The third kappa shape index (κ3) is 3.17. The van der Waals surface area contributed by atoms with Gasteiger partial charge in [0.25, 0.3) is 0 Å². The van der Waals surface area contributed by atoms with E-state index >= 15 is 0 Å². The van der Waals surface area contributed by atoms with Crippen molar-refractivity contribution >= 4 is 43.5 Å². The summed E-state index contributed by atoms with van der Waals surface area (Å²) in [5, 5.41) is 10.5. The molecule has 0 radical (unpaired) electrons. The molecule has 0 heterocycles. The number of hydrogen-bond acceptors (Lipinski definition) is 0. The van der Waals surface area contributed by atoms with Crippen molar-refractivity contribution in [2.45, 2.75) is 0 Å². The first kappa shape index (κ1) is 21.4. The predicted octanol–water partition coefficient (Wildman–Crippen LogP) is 7.92. The normalized spacial score (nSPS) is 18.2. The van der Waals surface area contributed by atoms with Crippen LogP contribution in [0.1, 0.15) is 11.1 Å². The fourth-order valence-electron chi connectivity index (χ4n) is 6.78. The van der Waals surface area contributed by atoms with Crippen LogP contribution in [-0.4, -0.2) is 0 Å². The molecule has 2 aliphatic rings. The SMILES string of the molecule is C1=CC2C(c3ccc4ccccc4c3)=c3ccccc3=C(c3cc4ccccc4c4ccccc34)C2C=C1. The van der Waals surface area contributed by atoms with E-state index in [0.29, 0.717) is 0 Å². The van der Waals surface area contributed by atoms with Crippen molar-refractivity contribution in [2.24, 2.45) is 11.8 Å². The molecule has 38 heavy (non-hydrogen) atoms. The van der Waals surface area contributed by atoms with Gasteiger partial charge in [0, 0.05) is 11.8 Å². The van der Waals surface area contributed by atoms with Crippen LogP contribution in [0.3, 0.4) is 0 Å². The van der Waals surface area contributed by atoms with Crippen molar-refractivity contribution in [3.8, 4) is 0 Å². The van der Waals surface area contributed by atoms with Gasteiger partial charge >= 0.3 is 0 Å². The molecule has 0 fully saturated rings. The quantitative estimate of drug-likeness (QED) is 0.220. The molecule has 2 atom stereocenters. The zero-order valence-corrected chi connectivity index (χ0v) is 21.0. The highest BCUT2D eigenvalue weighted by Gasteiger charge is 2.32. The van der Waals surface area contributed by atoms with Crippen molar-refractivity contribution in [3.05, 3.63) is 167 Å². The Bertz CT molecular complexity index is 2090. The van der Waals surface area contributed by atoms with Crippen molar-refractivity contribution in [1.29, 1.82) is 0 Å². The topological polar surface area (TPSA) is 0 Å². The van der Waals surface area contributed by atoms with E-state index in [0.717, 1.165) is 0 Å². The Hall–Kier alpha value is -4.68. The molecule has 0 heteroatoms. The Labute approximate surface area is 222 Å². The second-order valence-corrected chi connectivity index (χ2v) is 10.4. The van der Waals surface area contributed by atoms with Gasteiger partial charge in [-0.15, -0.1) is 0 Å². The molecule has 0 bridgehead atoms. The van der Waals surface area contributed by atoms with Gasteiger partial charge in [0.05, 0.1) is 0 Å². The molecular weight excluding hydrogens is 456 g/mol. The molecule has 8 rings (SSSR count). The van der Waals surface area contributed by atoms with Gasteiger partial charge < -0.3 is 0 Å². The Morgan fingerprint density at radius 1 is 0.395 bits per heavy atom. The fraction of sp³-hybridized carbons (Fsp3) is 0.0526. The summed E-state index contributed by atoms with van der Waals surface area (Å²) in [5.74, 6) is 0.539. The maximum absolute atomic E-state index is 2.42. The van der Waals surface area contributed by atoms with Gasteiger partial charge in [-0.1, -0.05) is 133 Å². The van der Waals surface area contributed by atoms with Crippen LogP contribution in [0.25, 0.3) is 43.5 Å². The van der Waals surface area contributed by atoms with Crippen molar-refractivity contribution in [1.82, 2.24) is 0 Å². The highest BCUT2D eigenvalue weighted by molar-refractivity contribution is 6.12. The van der Waals surface area contributed by atoms with Gasteiger partial charge in [0.2, 0.25) is 0 Å². The zero-order chi connectivity index (χ0) is 25.1. The van der Waals surface area contributed by atoms with Gasteiger partial charge in [-0.2, -0.15) is 0 Å². The number of hydrogen-bond donors (Lipinski definition) is 0. The van der Waals surface area contributed by atoms with E-state index in [4.69, 9.17) is 0 Å². The van der Waals surface area contributed by atoms with Crippen molar-refractivity contribution in [3.63, 3.8) is 0 Å². The first-order chi connectivity index (χ1) is 18.9. The number of fused-ring (bicyclic) bond motifs is 6. The van der Waals surface area contributed by atoms with Crippen LogP contribution < -0.4 is 10.4 Å². The van der Waals surface area contributed by atoms with E-state index < -0.39 is 0 Å². The molecule has 0 saturated carbocycles. The molecule has 2 aliphatic carbocycles. The van der Waals surface area contributed by atoms with Gasteiger partial charge in [-0.3, -0.25) is 0 Å². The van der Waals surface area contributed by atoms with E-state index in [-0.39, 0.29) is 11.8 Å². The van der Waals surface area contributed by atoms with E-state index in [1.165, 1.54) is 65.0 Å². The minimum atomic E-state index is 0.265. The van der Waals surface area contributed by atoms with E-state index in [2.05, 4.69) is 146 Å². The maximum atomic E-state index is 2.42. The molecule has 0 aromatic heterocycles. The number of rotatable bonds is 2. The van der Waals surface area contributed by atoms with Gasteiger partial charge in [0.1, 0.15) is 0 Å². The predicted molar refractivity (Wildman–Crippen MR) is 161 cm³/mol. The lowest BCUT2D eigenvalue weighted by Gasteiger charge is -2.34. The maximum Gasteiger partial charge on any atom is 0.0137 e. The van der Waals surface area contributed by atoms with E-state index in [1.54, 1.807) is 0 Å². The second-order valence-electron chi connectivity index (χ2n) is 10.4. The Balaban J connectivity index is 1.53. The molecule has 0 aliphatic heterocycles.